The molecule has 0 aliphatic rings. The summed E-state index contributed by atoms with van der Waals surface area (Å²) in [5, 5.41) is 3.89. The summed E-state index contributed by atoms with van der Waals surface area (Å²) in [6.45, 7) is 7.68. The van der Waals surface area contributed by atoms with Crippen LogP contribution in [0.5, 0.6) is 11.5 Å². The Hall–Kier alpha value is -1.79. The summed E-state index contributed by atoms with van der Waals surface area (Å²) >= 11 is 1.44. The molecule has 6 heteroatoms. The van der Waals surface area contributed by atoms with Gasteiger partial charge in [0, 0.05) is 23.2 Å². The second-order valence-electron chi connectivity index (χ2n) is 5.11. The molecule has 1 aromatic heterocycles. The van der Waals surface area contributed by atoms with Crippen LogP contribution in [0.15, 0.2) is 18.2 Å². The van der Waals surface area contributed by atoms with Gasteiger partial charge in [-0.25, -0.2) is 0 Å². The average Bonchev–Trinajstić information content (AvgIpc) is 2.96. The van der Waals surface area contributed by atoms with Crippen molar-refractivity contribution in [1.29, 1.82) is 0 Å². The van der Waals surface area contributed by atoms with Crippen molar-refractivity contribution in [3.8, 4) is 11.5 Å². The van der Waals surface area contributed by atoms with Crippen molar-refractivity contribution in [3.05, 3.63) is 23.1 Å². The summed E-state index contributed by atoms with van der Waals surface area (Å²) in [6, 6.07) is 5.74. The summed E-state index contributed by atoms with van der Waals surface area (Å²) in [6.07, 6.45) is 0. The van der Waals surface area contributed by atoms with Crippen molar-refractivity contribution in [2.24, 2.45) is 0 Å². The predicted octanol–water partition coefficient (Wildman–Crippen LogP) is 2.99. The molecule has 0 saturated heterocycles. The molecule has 1 amide bonds. The number of amides is 1. The number of likely N-dealkylation sites (N-methyl/N-ethyl adjacent to an activating group) is 1. The van der Waals surface area contributed by atoms with Gasteiger partial charge in [-0.05, 0) is 31.3 Å². The molecular formula is C17H24N2O3S. The summed E-state index contributed by atoms with van der Waals surface area (Å²) in [4.78, 5) is 15.4. The van der Waals surface area contributed by atoms with Crippen molar-refractivity contribution >= 4 is 27.3 Å². The number of fused-ring (bicyclic) bond motifs is 1. The highest BCUT2D eigenvalue weighted by molar-refractivity contribution is 7.21. The van der Waals surface area contributed by atoms with Gasteiger partial charge in [-0.15, -0.1) is 11.3 Å². The maximum Gasteiger partial charge on any atom is 0.265 e. The number of methoxy groups -OCH3 is 2. The molecule has 0 radical (unpaired) electrons. The molecule has 23 heavy (non-hydrogen) atoms. The van der Waals surface area contributed by atoms with Gasteiger partial charge in [-0.1, -0.05) is 13.8 Å². The Morgan fingerprint density at radius 3 is 2.57 bits per heavy atom. The topological polar surface area (TPSA) is 50.8 Å². The van der Waals surface area contributed by atoms with Gasteiger partial charge in [-0.2, -0.15) is 0 Å². The number of nitrogens with zero attached hydrogens (tertiary/aromatic N) is 1. The summed E-state index contributed by atoms with van der Waals surface area (Å²) in [5.74, 6) is 1.28. The fourth-order valence-electron chi connectivity index (χ4n) is 2.48. The van der Waals surface area contributed by atoms with Gasteiger partial charge in [-0.3, -0.25) is 4.79 Å². The van der Waals surface area contributed by atoms with Crippen LogP contribution in [-0.2, 0) is 0 Å². The minimum atomic E-state index is -0.0887. The van der Waals surface area contributed by atoms with E-state index >= 15 is 0 Å². The zero-order valence-electron chi connectivity index (χ0n) is 14.1. The molecule has 2 aromatic rings. The SMILES string of the molecule is CCN(CC)CCNC(=O)c1sc2ccc(OC)cc2c1OC. The van der Waals surface area contributed by atoms with Gasteiger partial charge < -0.3 is 19.7 Å². The third-order valence-electron chi connectivity index (χ3n) is 3.87. The van der Waals surface area contributed by atoms with E-state index in [9.17, 15) is 4.79 Å². The Kier molecular flexibility index (Phi) is 6.24. The van der Waals surface area contributed by atoms with Crippen LogP contribution in [0.25, 0.3) is 10.1 Å². The van der Waals surface area contributed by atoms with E-state index in [-0.39, 0.29) is 5.91 Å². The Morgan fingerprint density at radius 1 is 1.22 bits per heavy atom. The predicted molar refractivity (Wildman–Crippen MR) is 95.1 cm³/mol. The zero-order chi connectivity index (χ0) is 16.8. The second-order valence-corrected chi connectivity index (χ2v) is 6.16. The molecule has 126 valence electrons. The number of carbonyl (C=O) groups is 1. The number of hydrogen-bond donors (Lipinski definition) is 1. The van der Waals surface area contributed by atoms with Crippen molar-refractivity contribution in [2.75, 3.05) is 40.4 Å². The fourth-order valence-corrected chi connectivity index (χ4v) is 3.55. The number of thiophene rings is 1. The van der Waals surface area contributed by atoms with E-state index in [1.54, 1.807) is 14.2 Å². The van der Waals surface area contributed by atoms with Crippen LogP contribution in [0, 0.1) is 0 Å². The van der Waals surface area contributed by atoms with Crippen LogP contribution in [0.2, 0.25) is 0 Å². The number of benzene rings is 1. The number of carbonyl (C=O) groups excluding carboxylic acids is 1. The Balaban J connectivity index is 2.16. The van der Waals surface area contributed by atoms with Crippen LogP contribution in [0.3, 0.4) is 0 Å². The standard InChI is InChI=1S/C17H24N2O3S/c1-5-19(6-2)10-9-18-17(20)16-15(22-4)13-11-12(21-3)7-8-14(13)23-16/h7-8,11H,5-6,9-10H2,1-4H3,(H,18,20). The Labute approximate surface area is 141 Å². The molecule has 0 atom stereocenters. The molecule has 0 aliphatic carbocycles. The number of nitrogens with one attached hydrogen (secondary N) is 1. The largest absolute Gasteiger partial charge is 0.497 e. The molecule has 2 rings (SSSR count). The number of hydrogen-bond acceptors (Lipinski definition) is 5. The van der Waals surface area contributed by atoms with Gasteiger partial charge in [0.15, 0.2) is 0 Å². The maximum atomic E-state index is 12.5. The van der Waals surface area contributed by atoms with Gasteiger partial charge in [0.05, 0.1) is 14.2 Å². The van der Waals surface area contributed by atoms with Crippen molar-refractivity contribution in [1.82, 2.24) is 10.2 Å². The molecule has 5 nitrogen and oxygen atoms in total. The van der Waals surface area contributed by atoms with Crippen LogP contribution >= 0.6 is 11.3 Å². The number of rotatable bonds is 8. The lowest BCUT2D eigenvalue weighted by Crippen LogP contribution is -2.34. The third-order valence-corrected chi connectivity index (χ3v) is 5.02. The second kappa shape index (κ2) is 8.17. The van der Waals surface area contributed by atoms with Gasteiger partial charge in [0.2, 0.25) is 0 Å². The van der Waals surface area contributed by atoms with Gasteiger partial charge in [0.1, 0.15) is 16.4 Å². The monoisotopic (exact) mass is 336 g/mol. The smallest absolute Gasteiger partial charge is 0.265 e. The highest BCUT2D eigenvalue weighted by atomic mass is 32.1. The van der Waals surface area contributed by atoms with Crippen molar-refractivity contribution in [2.45, 2.75) is 13.8 Å². The first-order chi connectivity index (χ1) is 11.1. The average molecular weight is 336 g/mol. The minimum absolute atomic E-state index is 0.0887. The van der Waals surface area contributed by atoms with Crippen molar-refractivity contribution in [3.63, 3.8) is 0 Å². The molecule has 0 fully saturated rings. The van der Waals surface area contributed by atoms with Crippen LogP contribution in [0.4, 0.5) is 0 Å². The van der Waals surface area contributed by atoms with E-state index < -0.39 is 0 Å². The van der Waals surface area contributed by atoms with E-state index in [1.807, 2.05) is 18.2 Å². The first-order valence-corrected chi connectivity index (χ1v) is 8.61. The highest BCUT2D eigenvalue weighted by Gasteiger charge is 2.19. The fraction of sp³-hybridized carbons (Fsp3) is 0.471. The minimum Gasteiger partial charge on any atom is -0.497 e. The molecule has 1 heterocycles. The van der Waals surface area contributed by atoms with Gasteiger partial charge in [0.25, 0.3) is 5.91 Å². The molecule has 1 N–H and O–H groups in total. The van der Waals surface area contributed by atoms with Gasteiger partial charge >= 0.3 is 0 Å². The highest BCUT2D eigenvalue weighted by Crippen LogP contribution is 2.39. The van der Waals surface area contributed by atoms with E-state index in [0.717, 1.165) is 35.5 Å². The molecular weight excluding hydrogens is 312 g/mol. The molecule has 0 spiro atoms. The lowest BCUT2D eigenvalue weighted by atomic mass is 10.2. The molecule has 0 saturated carbocycles. The summed E-state index contributed by atoms with van der Waals surface area (Å²) in [5.41, 5.74) is 0. The Bertz CT molecular complexity index is 665. The first kappa shape index (κ1) is 17.6. The van der Waals surface area contributed by atoms with E-state index in [2.05, 4.69) is 24.1 Å². The first-order valence-electron chi connectivity index (χ1n) is 7.79. The van der Waals surface area contributed by atoms with E-state index in [1.165, 1.54) is 11.3 Å². The quantitative estimate of drug-likeness (QED) is 0.805. The maximum absolute atomic E-state index is 12.5. The van der Waals surface area contributed by atoms with Crippen molar-refractivity contribution < 1.29 is 14.3 Å². The molecule has 0 unspecified atom stereocenters. The zero-order valence-corrected chi connectivity index (χ0v) is 15.0. The van der Waals surface area contributed by atoms with E-state index in [0.29, 0.717) is 17.2 Å². The normalized spacial score (nSPS) is 11.0. The van der Waals surface area contributed by atoms with Crippen LogP contribution in [-0.4, -0.2) is 51.2 Å². The van der Waals surface area contributed by atoms with Crippen LogP contribution in [0.1, 0.15) is 23.5 Å². The lowest BCUT2D eigenvalue weighted by Gasteiger charge is -2.17. The van der Waals surface area contributed by atoms with E-state index in [4.69, 9.17) is 9.47 Å². The molecule has 0 bridgehead atoms. The summed E-state index contributed by atoms with van der Waals surface area (Å²) in [7, 11) is 3.22. The van der Waals surface area contributed by atoms with Crippen LogP contribution < -0.4 is 14.8 Å². The molecule has 0 aliphatic heterocycles. The third kappa shape index (κ3) is 3.95. The number of ether oxygens (including phenoxy) is 2. The lowest BCUT2D eigenvalue weighted by molar-refractivity contribution is 0.0950. The Morgan fingerprint density at radius 2 is 1.96 bits per heavy atom. The molecule has 1 aromatic carbocycles. The summed E-state index contributed by atoms with van der Waals surface area (Å²) < 4.78 is 11.7.